The Morgan fingerprint density at radius 3 is 2.21 bits per heavy atom. The summed E-state index contributed by atoms with van der Waals surface area (Å²) in [6.45, 7) is 0.278. The highest BCUT2D eigenvalue weighted by molar-refractivity contribution is 7.99. The Bertz CT molecular complexity index is 706. The number of urea groups is 1. The number of carbonyl (C=O) groups excluding carboxylic acids is 2. The van der Waals surface area contributed by atoms with Crippen molar-refractivity contribution in [2.45, 2.75) is 17.2 Å². The number of hydrogen-bond donors (Lipinski definition) is 3. The first kappa shape index (κ1) is 17.7. The second-order valence-corrected chi connectivity index (χ2v) is 5.84. The van der Waals surface area contributed by atoms with Gasteiger partial charge in [-0.3, -0.25) is 4.79 Å². The van der Waals surface area contributed by atoms with Crippen molar-refractivity contribution in [2.24, 2.45) is 5.73 Å². The van der Waals surface area contributed by atoms with Crippen LogP contribution in [0.4, 0.5) is 19.3 Å². The van der Waals surface area contributed by atoms with Gasteiger partial charge in [-0.25, -0.2) is 4.79 Å². The van der Waals surface area contributed by atoms with Gasteiger partial charge in [0.15, 0.2) is 0 Å². The van der Waals surface area contributed by atoms with E-state index < -0.39 is 11.8 Å². The molecule has 0 aliphatic heterocycles. The van der Waals surface area contributed by atoms with Crippen LogP contribution in [0, 0.1) is 0 Å². The number of benzene rings is 2. The highest BCUT2D eigenvalue weighted by atomic mass is 32.2. The maximum Gasteiger partial charge on any atom is 0.312 e. The molecule has 24 heavy (non-hydrogen) atoms. The fourth-order valence-corrected chi connectivity index (χ4v) is 2.39. The van der Waals surface area contributed by atoms with Crippen LogP contribution in [0.5, 0.6) is 0 Å². The Labute approximate surface area is 141 Å². The van der Waals surface area contributed by atoms with E-state index >= 15 is 0 Å². The molecule has 0 atom stereocenters. The molecule has 0 bridgehead atoms. The van der Waals surface area contributed by atoms with E-state index in [-0.39, 0.29) is 12.5 Å². The fraction of sp³-hybridized carbons (Fsp3) is 0.125. The third-order valence-corrected chi connectivity index (χ3v) is 3.74. The standard InChI is InChI=1S/C16H15F2N3O2S/c17-15(18)24-13-7-5-12(6-8-13)21-14(22)11-3-1-10(2-4-11)9-20-16(19)23/h1-8,15H,9H2,(H,21,22)(H3,19,20,23). The van der Waals surface area contributed by atoms with Gasteiger partial charge >= 0.3 is 6.03 Å². The molecule has 0 radical (unpaired) electrons. The predicted octanol–water partition coefficient (Wildman–Crippen LogP) is 3.42. The SMILES string of the molecule is NC(=O)NCc1ccc(C(=O)Nc2ccc(SC(F)F)cc2)cc1. The number of thioether (sulfide) groups is 1. The summed E-state index contributed by atoms with van der Waals surface area (Å²) in [5.41, 5.74) is 6.73. The van der Waals surface area contributed by atoms with Crippen LogP contribution in [-0.2, 0) is 6.54 Å². The number of carbonyl (C=O) groups is 2. The topological polar surface area (TPSA) is 84.2 Å². The van der Waals surface area contributed by atoms with E-state index in [0.29, 0.717) is 27.9 Å². The van der Waals surface area contributed by atoms with Crippen LogP contribution in [0.1, 0.15) is 15.9 Å². The fourth-order valence-electron chi connectivity index (χ4n) is 1.89. The average molecular weight is 351 g/mol. The first-order chi connectivity index (χ1) is 11.4. The van der Waals surface area contributed by atoms with Gasteiger partial charge in [0.05, 0.1) is 0 Å². The smallest absolute Gasteiger partial charge is 0.312 e. The van der Waals surface area contributed by atoms with Gasteiger partial charge in [0.1, 0.15) is 0 Å². The largest absolute Gasteiger partial charge is 0.352 e. The lowest BCUT2D eigenvalue weighted by atomic mass is 10.1. The monoisotopic (exact) mass is 351 g/mol. The van der Waals surface area contributed by atoms with Crippen LogP contribution in [0.3, 0.4) is 0 Å². The summed E-state index contributed by atoms with van der Waals surface area (Å²) in [7, 11) is 0. The molecule has 0 saturated carbocycles. The molecule has 0 spiro atoms. The summed E-state index contributed by atoms with van der Waals surface area (Å²) in [6, 6.07) is 12.2. The van der Waals surface area contributed by atoms with E-state index in [9.17, 15) is 18.4 Å². The number of hydrogen-bond acceptors (Lipinski definition) is 3. The van der Waals surface area contributed by atoms with Gasteiger partial charge in [-0.1, -0.05) is 23.9 Å². The van der Waals surface area contributed by atoms with Crippen LogP contribution in [0.2, 0.25) is 0 Å². The van der Waals surface area contributed by atoms with Crippen molar-refractivity contribution in [1.29, 1.82) is 0 Å². The lowest BCUT2D eigenvalue weighted by Gasteiger charge is -2.07. The quantitative estimate of drug-likeness (QED) is 0.697. The van der Waals surface area contributed by atoms with Crippen LogP contribution in [0.25, 0.3) is 0 Å². The number of rotatable bonds is 6. The van der Waals surface area contributed by atoms with Gasteiger partial charge in [-0.15, -0.1) is 0 Å². The van der Waals surface area contributed by atoms with E-state index in [4.69, 9.17) is 5.73 Å². The van der Waals surface area contributed by atoms with Crippen molar-refractivity contribution in [3.8, 4) is 0 Å². The molecule has 2 rings (SSSR count). The number of anilines is 1. The third-order valence-electron chi connectivity index (χ3n) is 3.02. The van der Waals surface area contributed by atoms with E-state index in [1.807, 2.05) is 0 Å². The van der Waals surface area contributed by atoms with Crippen LogP contribution in [0.15, 0.2) is 53.4 Å². The highest BCUT2D eigenvalue weighted by Crippen LogP contribution is 2.26. The third kappa shape index (κ3) is 5.54. The van der Waals surface area contributed by atoms with Gasteiger partial charge in [0.2, 0.25) is 0 Å². The Hall–Kier alpha value is -2.61. The molecule has 0 aromatic heterocycles. The van der Waals surface area contributed by atoms with Crippen molar-refractivity contribution in [3.05, 3.63) is 59.7 Å². The van der Waals surface area contributed by atoms with Crippen molar-refractivity contribution in [3.63, 3.8) is 0 Å². The van der Waals surface area contributed by atoms with Crippen LogP contribution >= 0.6 is 11.8 Å². The first-order valence-electron chi connectivity index (χ1n) is 6.92. The van der Waals surface area contributed by atoms with E-state index in [0.717, 1.165) is 5.56 Å². The average Bonchev–Trinajstić information content (AvgIpc) is 2.54. The molecule has 0 aliphatic carbocycles. The molecule has 0 unspecified atom stereocenters. The zero-order chi connectivity index (χ0) is 17.5. The van der Waals surface area contributed by atoms with E-state index in [1.54, 1.807) is 36.4 Å². The van der Waals surface area contributed by atoms with Crippen molar-refractivity contribution in [2.75, 3.05) is 5.32 Å². The molecule has 0 heterocycles. The summed E-state index contributed by atoms with van der Waals surface area (Å²) in [6.07, 6.45) is 0. The molecule has 0 aliphatic rings. The summed E-state index contributed by atoms with van der Waals surface area (Å²) in [5.74, 6) is -2.80. The first-order valence-corrected chi connectivity index (χ1v) is 7.80. The van der Waals surface area contributed by atoms with Crippen molar-refractivity contribution < 1.29 is 18.4 Å². The maximum absolute atomic E-state index is 12.2. The lowest BCUT2D eigenvalue weighted by Crippen LogP contribution is -2.28. The maximum atomic E-state index is 12.2. The molecule has 126 valence electrons. The van der Waals surface area contributed by atoms with Crippen LogP contribution < -0.4 is 16.4 Å². The lowest BCUT2D eigenvalue weighted by molar-refractivity contribution is 0.102. The Kier molecular flexibility index (Phi) is 6.14. The number of nitrogens with one attached hydrogen (secondary N) is 2. The van der Waals surface area contributed by atoms with Gasteiger partial charge in [0, 0.05) is 22.7 Å². The highest BCUT2D eigenvalue weighted by Gasteiger charge is 2.08. The van der Waals surface area contributed by atoms with Crippen LogP contribution in [-0.4, -0.2) is 17.7 Å². The van der Waals surface area contributed by atoms with E-state index in [2.05, 4.69) is 10.6 Å². The Morgan fingerprint density at radius 1 is 1.04 bits per heavy atom. The normalized spacial score (nSPS) is 10.5. The van der Waals surface area contributed by atoms with Gasteiger partial charge in [-0.05, 0) is 42.0 Å². The Morgan fingerprint density at radius 2 is 1.67 bits per heavy atom. The predicted molar refractivity (Wildman–Crippen MR) is 89.1 cm³/mol. The molecule has 4 N–H and O–H groups in total. The number of alkyl halides is 2. The molecule has 0 saturated heterocycles. The second-order valence-electron chi connectivity index (χ2n) is 4.77. The molecular formula is C16H15F2N3O2S. The zero-order valence-electron chi connectivity index (χ0n) is 12.5. The minimum Gasteiger partial charge on any atom is -0.352 e. The molecular weight excluding hydrogens is 336 g/mol. The van der Waals surface area contributed by atoms with Gasteiger partial charge < -0.3 is 16.4 Å². The summed E-state index contributed by atoms with van der Waals surface area (Å²) >= 11 is 0.446. The summed E-state index contributed by atoms with van der Waals surface area (Å²) in [5, 5.41) is 5.13. The minimum absolute atomic E-state index is 0.278. The number of halogens is 2. The van der Waals surface area contributed by atoms with Crippen molar-refractivity contribution >= 4 is 29.4 Å². The number of amides is 3. The van der Waals surface area contributed by atoms with Gasteiger partial charge in [0.25, 0.3) is 11.7 Å². The molecule has 0 fully saturated rings. The minimum atomic E-state index is -2.48. The molecule has 5 nitrogen and oxygen atoms in total. The van der Waals surface area contributed by atoms with Gasteiger partial charge in [-0.2, -0.15) is 8.78 Å². The molecule has 8 heteroatoms. The van der Waals surface area contributed by atoms with E-state index in [1.165, 1.54) is 12.1 Å². The summed E-state index contributed by atoms with van der Waals surface area (Å²) in [4.78, 5) is 23.2. The zero-order valence-corrected chi connectivity index (χ0v) is 13.3. The van der Waals surface area contributed by atoms with Crippen molar-refractivity contribution in [1.82, 2.24) is 5.32 Å². The number of nitrogens with two attached hydrogens (primary N) is 1. The number of primary amides is 1. The second kappa shape index (κ2) is 8.30. The Balaban J connectivity index is 1.95. The summed E-state index contributed by atoms with van der Waals surface area (Å²) < 4.78 is 24.5. The molecule has 3 amide bonds. The molecule has 2 aromatic rings. The molecule has 2 aromatic carbocycles.